The molecule has 1 aliphatic carbocycles. The van der Waals surface area contributed by atoms with Crippen molar-refractivity contribution >= 4 is 11.8 Å². The number of hydrogen-bond donors (Lipinski definition) is 2. The van der Waals surface area contributed by atoms with Gasteiger partial charge >= 0.3 is 0 Å². The normalized spacial score (nSPS) is 20.4. The first-order chi connectivity index (χ1) is 15.9. The van der Waals surface area contributed by atoms with E-state index in [9.17, 15) is 9.59 Å². The van der Waals surface area contributed by atoms with Gasteiger partial charge in [0.2, 0.25) is 11.8 Å². The van der Waals surface area contributed by atoms with Crippen LogP contribution in [0.3, 0.4) is 0 Å². The van der Waals surface area contributed by atoms with Crippen LogP contribution >= 0.6 is 0 Å². The Hall–Kier alpha value is -2.66. The molecule has 178 valence electrons. The summed E-state index contributed by atoms with van der Waals surface area (Å²) in [6.45, 7) is 2.74. The molecule has 5 heteroatoms. The Bertz CT molecular complexity index is 902. The van der Waals surface area contributed by atoms with Crippen LogP contribution < -0.4 is 10.6 Å². The summed E-state index contributed by atoms with van der Waals surface area (Å²) in [4.78, 5) is 26.9. The largest absolute Gasteiger partial charge is 0.356 e. The van der Waals surface area contributed by atoms with Crippen molar-refractivity contribution in [3.05, 3.63) is 71.3 Å². The van der Waals surface area contributed by atoms with E-state index in [1.54, 1.807) is 0 Å². The second kappa shape index (κ2) is 12.0. The fourth-order valence-electron chi connectivity index (χ4n) is 4.89. The predicted octanol–water partition coefficient (Wildman–Crippen LogP) is 4.04. The summed E-state index contributed by atoms with van der Waals surface area (Å²) in [6.07, 6.45) is 6.37. The summed E-state index contributed by atoms with van der Waals surface area (Å²) >= 11 is 0. The van der Waals surface area contributed by atoms with Crippen molar-refractivity contribution < 1.29 is 9.59 Å². The first-order valence-electron chi connectivity index (χ1n) is 12.2. The van der Waals surface area contributed by atoms with E-state index < -0.39 is 0 Å². The smallest absolute Gasteiger partial charge is 0.220 e. The van der Waals surface area contributed by atoms with Crippen LogP contribution in [0.15, 0.2) is 54.6 Å². The highest BCUT2D eigenvalue weighted by molar-refractivity contribution is 5.83. The number of amides is 2. The van der Waals surface area contributed by atoms with E-state index in [0.717, 1.165) is 38.5 Å². The van der Waals surface area contributed by atoms with Gasteiger partial charge in [-0.15, -0.1) is 0 Å². The highest BCUT2D eigenvalue weighted by atomic mass is 16.2. The quantitative estimate of drug-likeness (QED) is 0.576. The van der Waals surface area contributed by atoms with Crippen molar-refractivity contribution in [2.75, 3.05) is 20.6 Å². The summed E-state index contributed by atoms with van der Waals surface area (Å²) in [6, 6.07) is 19.1. The second-order valence-corrected chi connectivity index (χ2v) is 9.71. The molecule has 33 heavy (non-hydrogen) atoms. The van der Waals surface area contributed by atoms with E-state index in [2.05, 4.69) is 73.0 Å². The first-order valence-corrected chi connectivity index (χ1v) is 12.2. The zero-order valence-electron chi connectivity index (χ0n) is 20.4. The molecule has 0 aromatic heterocycles. The van der Waals surface area contributed by atoms with Crippen LogP contribution in [0.1, 0.15) is 55.2 Å². The number of nitrogens with one attached hydrogen (secondary N) is 2. The van der Waals surface area contributed by atoms with Gasteiger partial charge in [-0.25, -0.2) is 0 Å². The van der Waals surface area contributed by atoms with Crippen LogP contribution in [0.25, 0.3) is 0 Å². The van der Waals surface area contributed by atoms with Crippen molar-refractivity contribution in [1.29, 1.82) is 0 Å². The maximum absolute atomic E-state index is 12.4. The predicted molar refractivity (Wildman–Crippen MR) is 134 cm³/mol. The van der Waals surface area contributed by atoms with Crippen LogP contribution in [-0.2, 0) is 22.4 Å². The number of hydrogen-bond acceptors (Lipinski definition) is 3. The molecule has 2 aromatic carbocycles. The highest BCUT2D eigenvalue weighted by Gasteiger charge is 2.37. The van der Waals surface area contributed by atoms with E-state index in [0.29, 0.717) is 6.54 Å². The van der Waals surface area contributed by atoms with Crippen molar-refractivity contribution in [2.45, 2.75) is 69.9 Å². The minimum Gasteiger partial charge on any atom is -0.356 e. The summed E-state index contributed by atoms with van der Waals surface area (Å²) in [5, 5.41) is 6.08. The lowest BCUT2D eigenvalue weighted by atomic mass is 9.74. The SMILES string of the molecule is Cc1cccc(CC2(N(C)C)CCC(NC(=O)CCC(=O)NCCc3ccccc3)CC2)c1. The number of likely N-dealkylation sites (N-methyl/N-ethyl adjacent to an activating group) is 1. The lowest BCUT2D eigenvalue weighted by molar-refractivity contribution is -0.127. The number of nitrogens with zero attached hydrogens (tertiary/aromatic N) is 1. The van der Waals surface area contributed by atoms with Crippen LogP contribution in [0, 0.1) is 6.92 Å². The molecule has 0 aliphatic heterocycles. The third-order valence-corrected chi connectivity index (χ3v) is 7.00. The Balaban J connectivity index is 1.38. The van der Waals surface area contributed by atoms with Gasteiger partial charge in [-0.2, -0.15) is 0 Å². The van der Waals surface area contributed by atoms with Crippen LogP contribution in [-0.4, -0.2) is 48.9 Å². The minimum absolute atomic E-state index is 0.0192. The van der Waals surface area contributed by atoms with Gasteiger partial charge in [0.15, 0.2) is 0 Å². The van der Waals surface area contributed by atoms with E-state index in [1.807, 2.05) is 18.2 Å². The lowest BCUT2D eigenvalue weighted by Crippen LogP contribution is -2.52. The van der Waals surface area contributed by atoms with Gasteiger partial charge < -0.3 is 15.5 Å². The fraction of sp³-hybridized carbons (Fsp3) is 0.500. The Morgan fingerprint density at radius 2 is 1.61 bits per heavy atom. The number of aryl methyl sites for hydroxylation is 1. The molecule has 1 aliphatic rings. The molecule has 0 bridgehead atoms. The van der Waals surface area contributed by atoms with Gasteiger partial charge in [-0.05, 0) is 70.7 Å². The monoisotopic (exact) mass is 449 g/mol. The molecule has 0 unspecified atom stereocenters. The highest BCUT2D eigenvalue weighted by Crippen LogP contribution is 2.35. The van der Waals surface area contributed by atoms with Crippen molar-refractivity contribution in [2.24, 2.45) is 0 Å². The van der Waals surface area contributed by atoms with Crippen LogP contribution in [0.2, 0.25) is 0 Å². The number of rotatable bonds is 10. The average Bonchev–Trinajstić information content (AvgIpc) is 2.80. The third kappa shape index (κ3) is 7.71. The Morgan fingerprint density at radius 1 is 0.939 bits per heavy atom. The standard InChI is InChI=1S/C28H39N3O2/c1-22-8-7-11-24(20-22)21-28(31(2)3)17-14-25(15-18-28)30-27(33)13-12-26(32)29-19-16-23-9-5-4-6-10-23/h4-11,20,25H,12-19,21H2,1-3H3,(H,29,32)(H,30,33). The Morgan fingerprint density at radius 3 is 2.27 bits per heavy atom. The summed E-state index contributed by atoms with van der Waals surface area (Å²) in [7, 11) is 4.34. The van der Waals surface area contributed by atoms with Crippen molar-refractivity contribution in [1.82, 2.24) is 15.5 Å². The lowest BCUT2D eigenvalue weighted by Gasteiger charge is -2.45. The summed E-state index contributed by atoms with van der Waals surface area (Å²) in [5.41, 5.74) is 4.01. The molecular formula is C28H39N3O2. The Labute approximate surface area is 199 Å². The molecule has 2 N–H and O–H groups in total. The maximum Gasteiger partial charge on any atom is 0.220 e. The second-order valence-electron chi connectivity index (χ2n) is 9.71. The summed E-state index contributed by atoms with van der Waals surface area (Å²) < 4.78 is 0. The molecule has 0 heterocycles. The molecule has 0 saturated heterocycles. The molecule has 0 spiro atoms. The van der Waals surface area contributed by atoms with Crippen molar-refractivity contribution in [3.63, 3.8) is 0 Å². The van der Waals surface area contributed by atoms with Gasteiger partial charge in [0.05, 0.1) is 0 Å². The molecule has 5 nitrogen and oxygen atoms in total. The van der Waals surface area contributed by atoms with Gasteiger partial charge in [0, 0.05) is 31.0 Å². The van der Waals surface area contributed by atoms with Gasteiger partial charge in [-0.1, -0.05) is 60.2 Å². The van der Waals surface area contributed by atoms with E-state index in [-0.39, 0.29) is 36.2 Å². The molecular weight excluding hydrogens is 410 g/mol. The van der Waals surface area contributed by atoms with Crippen molar-refractivity contribution in [3.8, 4) is 0 Å². The number of carbonyl (C=O) groups excluding carboxylic acids is 2. The Kier molecular flexibility index (Phi) is 9.07. The molecule has 3 rings (SSSR count). The number of carbonyl (C=O) groups is 2. The van der Waals surface area contributed by atoms with Gasteiger partial charge in [0.25, 0.3) is 0 Å². The average molecular weight is 450 g/mol. The molecule has 2 amide bonds. The zero-order valence-corrected chi connectivity index (χ0v) is 20.4. The number of benzene rings is 2. The fourth-order valence-corrected chi connectivity index (χ4v) is 4.89. The summed E-state index contributed by atoms with van der Waals surface area (Å²) in [5.74, 6) is -0.0799. The zero-order chi connectivity index (χ0) is 23.7. The van der Waals surface area contributed by atoms with Gasteiger partial charge in [0.1, 0.15) is 0 Å². The topological polar surface area (TPSA) is 61.4 Å². The van der Waals surface area contributed by atoms with E-state index >= 15 is 0 Å². The maximum atomic E-state index is 12.4. The first kappa shape index (κ1) is 25.0. The molecule has 0 radical (unpaired) electrons. The molecule has 1 fully saturated rings. The third-order valence-electron chi connectivity index (χ3n) is 7.00. The van der Waals surface area contributed by atoms with Crippen LogP contribution in [0.4, 0.5) is 0 Å². The van der Waals surface area contributed by atoms with Crippen LogP contribution in [0.5, 0.6) is 0 Å². The molecule has 1 saturated carbocycles. The van der Waals surface area contributed by atoms with E-state index in [1.165, 1.54) is 16.7 Å². The molecule has 2 aromatic rings. The molecule has 0 atom stereocenters. The van der Waals surface area contributed by atoms with E-state index in [4.69, 9.17) is 0 Å². The minimum atomic E-state index is -0.0606. The van der Waals surface area contributed by atoms with Gasteiger partial charge in [-0.3, -0.25) is 9.59 Å².